The van der Waals surface area contributed by atoms with Crippen molar-refractivity contribution in [2.75, 3.05) is 13.2 Å². The summed E-state index contributed by atoms with van der Waals surface area (Å²) in [6, 6.07) is 0. The molecule has 0 aromatic carbocycles. The maximum atomic E-state index is 13.0. The Morgan fingerprint density at radius 1 is 1.00 bits per heavy atom. The van der Waals surface area contributed by atoms with Crippen molar-refractivity contribution in [1.82, 2.24) is 0 Å². The lowest BCUT2D eigenvalue weighted by molar-refractivity contribution is -0.141. The van der Waals surface area contributed by atoms with Crippen molar-refractivity contribution >= 4 is 22.8 Å². The first-order chi connectivity index (χ1) is 11.4. The first-order valence-corrected chi connectivity index (χ1v) is 15.3. The molecule has 4 unspecified atom stereocenters. The fourth-order valence-electron chi connectivity index (χ4n) is 4.53. The number of hydrogen-bond donors (Lipinski definition) is 0. The molecule has 0 saturated heterocycles. The maximum absolute atomic E-state index is 13.0. The lowest BCUT2D eigenvalue weighted by atomic mass is 9.88. The van der Waals surface area contributed by atoms with E-state index in [0.29, 0.717) is 30.6 Å². The number of fused-ring (bicyclic) bond motifs is 2. The molecule has 0 spiro atoms. The van der Waals surface area contributed by atoms with Gasteiger partial charge in [-0.3, -0.25) is 4.79 Å². The van der Waals surface area contributed by atoms with E-state index in [4.69, 9.17) is 13.3 Å². The van der Waals surface area contributed by atoms with E-state index in [0.717, 1.165) is 19.3 Å². The Morgan fingerprint density at radius 3 is 2.00 bits per heavy atom. The quantitative estimate of drug-likeness (QED) is 0.571. The summed E-state index contributed by atoms with van der Waals surface area (Å²) in [6.45, 7) is 18.5. The summed E-state index contributed by atoms with van der Waals surface area (Å²) in [4.78, 5) is 13.0. The smallest absolute Gasteiger partial charge is 0.338 e. The molecule has 4 nitrogen and oxygen atoms in total. The number of carbonyl (C=O) groups is 1. The molecule has 2 aliphatic carbocycles. The van der Waals surface area contributed by atoms with Crippen LogP contribution >= 0.6 is 0 Å². The van der Waals surface area contributed by atoms with Gasteiger partial charge in [-0.1, -0.05) is 20.8 Å². The third-order valence-electron chi connectivity index (χ3n) is 6.81. The standard InChI is InChI=1S/C19H38O4Si2/c1-9-21-25(8,22-10-2)17-13-14-11-15(17)16(12-14)18(20)23-24(6,7)19(3,4)5/h14-17H,9-13H2,1-8H3. The summed E-state index contributed by atoms with van der Waals surface area (Å²) >= 11 is 0. The first-order valence-electron chi connectivity index (χ1n) is 9.96. The fourth-order valence-corrected chi connectivity index (χ4v) is 9.06. The molecule has 2 fully saturated rings. The molecule has 0 aromatic heterocycles. The van der Waals surface area contributed by atoms with Crippen molar-refractivity contribution in [3.05, 3.63) is 0 Å². The van der Waals surface area contributed by atoms with Gasteiger partial charge in [-0.15, -0.1) is 0 Å². The number of hydrogen-bond acceptors (Lipinski definition) is 4. The summed E-state index contributed by atoms with van der Waals surface area (Å²) in [7, 11) is -4.31. The van der Waals surface area contributed by atoms with Crippen molar-refractivity contribution in [3.8, 4) is 0 Å². The zero-order valence-corrected chi connectivity index (χ0v) is 19.5. The maximum Gasteiger partial charge on any atom is 0.338 e. The average molecular weight is 387 g/mol. The minimum absolute atomic E-state index is 0.0469. The van der Waals surface area contributed by atoms with E-state index >= 15 is 0 Å². The molecule has 25 heavy (non-hydrogen) atoms. The van der Waals surface area contributed by atoms with Crippen LogP contribution in [-0.2, 0) is 18.1 Å². The third-order valence-corrected chi connectivity index (χ3v) is 14.9. The van der Waals surface area contributed by atoms with Crippen LogP contribution < -0.4 is 0 Å². The molecule has 2 rings (SSSR count). The molecule has 0 radical (unpaired) electrons. The Labute approximate surface area is 156 Å². The van der Waals surface area contributed by atoms with Gasteiger partial charge in [-0.2, -0.15) is 0 Å². The van der Waals surface area contributed by atoms with E-state index in [1.54, 1.807) is 0 Å². The van der Waals surface area contributed by atoms with E-state index in [1.165, 1.54) is 0 Å². The highest BCUT2D eigenvalue weighted by molar-refractivity contribution is 6.75. The van der Waals surface area contributed by atoms with Crippen LogP contribution in [0.4, 0.5) is 0 Å². The molecule has 0 amide bonds. The van der Waals surface area contributed by atoms with Crippen LogP contribution in [0.3, 0.4) is 0 Å². The molecular weight excluding hydrogens is 348 g/mol. The van der Waals surface area contributed by atoms with Crippen LogP contribution in [0.25, 0.3) is 0 Å². The largest absolute Gasteiger partial charge is 0.519 e. The Hall–Kier alpha value is -0.176. The molecule has 0 N–H and O–H groups in total. The Bertz CT molecular complexity index is 480. The Balaban J connectivity index is 2.13. The summed E-state index contributed by atoms with van der Waals surface area (Å²) in [5.41, 5.74) is 0.420. The molecule has 2 aliphatic rings. The fraction of sp³-hybridized carbons (Fsp3) is 0.947. The highest BCUT2D eigenvalue weighted by Gasteiger charge is 2.58. The van der Waals surface area contributed by atoms with E-state index in [-0.39, 0.29) is 16.9 Å². The van der Waals surface area contributed by atoms with Crippen LogP contribution in [0.15, 0.2) is 0 Å². The van der Waals surface area contributed by atoms with Crippen LogP contribution in [0, 0.1) is 17.8 Å². The minimum atomic E-state index is -2.25. The molecular formula is C19H38O4Si2. The molecule has 2 saturated carbocycles. The monoisotopic (exact) mass is 386 g/mol. The van der Waals surface area contributed by atoms with Gasteiger partial charge in [-0.25, -0.2) is 0 Å². The SMILES string of the molecule is CCO[Si](C)(OCC)C1CC2CC(C(=O)O[Si](C)(C)C(C)(C)C)C1C2. The van der Waals surface area contributed by atoms with Gasteiger partial charge in [0.2, 0.25) is 0 Å². The van der Waals surface area contributed by atoms with Gasteiger partial charge in [0.1, 0.15) is 0 Å². The van der Waals surface area contributed by atoms with Crippen LogP contribution in [0.1, 0.15) is 53.9 Å². The minimum Gasteiger partial charge on any atom is -0.519 e. The van der Waals surface area contributed by atoms with Gasteiger partial charge in [0, 0.05) is 18.8 Å². The van der Waals surface area contributed by atoms with E-state index in [1.807, 2.05) is 13.8 Å². The van der Waals surface area contributed by atoms with E-state index in [9.17, 15) is 4.79 Å². The van der Waals surface area contributed by atoms with Crippen LogP contribution in [-0.4, -0.2) is 36.1 Å². The predicted molar refractivity (Wildman–Crippen MR) is 106 cm³/mol. The van der Waals surface area contributed by atoms with E-state index in [2.05, 4.69) is 40.4 Å². The topological polar surface area (TPSA) is 44.8 Å². The van der Waals surface area contributed by atoms with Crippen molar-refractivity contribution in [2.45, 2.75) is 84.1 Å². The molecule has 0 heterocycles. The molecule has 0 aromatic rings. The van der Waals surface area contributed by atoms with Gasteiger partial charge in [0.15, 0.2) is 0 Å². The van der Waals surface area contributed by atoms with E-state index < -0.39 is 16.9 Å². The van der Waals surface area contributed by atoms with Gasteiger partial charge < -0.3 is 13.3 Å². The average Bonchev–Trinajstić information content (AvgIpc) is 3.06. The predicted octanol–water partition coefficient (Wildman–Crippen LogP) is 5.10. The second kappa shape index (κ2) is 7.45. The second-order valence-corrected chi connectivity index (χ2v) is 17.6. The highest BCUT2D eigenvalue weighted by Crippen LogP contribution is 2.59. The molecule has 0 aliphatic heterocycles. The van der Waals surface area contributed by atoms with Crippen LogP contribution in [0.5, 0.6) is 0 Å². The van der Waals surface area contributed by atoms with Gasteiger partial charge >= 0.3 is 8.56 Å². The molecule has 6 heteroatoms. The van der Waals surface area contributed by atoms with Crippen molar-refractivity contribution in [2.24, 2.45) is 17.8 Å². The summed E-state index contributed by atoms with van der Waals surface area (Å²) in [6.07, 6.45) is 3.30. The first kappa shape index (κ1) is 21.1. The Morgan fingerprint density at radius 2 is 1.56 bits per heavy atom. The third kappa shape index (κ3) is 4.22. The molecule has 146 valence electrons. The van der Waals surface area contributed by atoms with Crippen molar-refractivity contribution < 1.29 is 18.1 Å². The zero-order chi connectivity index (χ0) is 19.0. The Kier molecular flexibility index (Phi) is 6.29. The molecule has 2 bridgehead atoms. The normalized spacial score (nSPS) is 29.9. The van der Waals surface area contributed by atoms with Crippen LogP contribution in [0.2, 0.25) is 30.2 Å². The van der Waals surface area contributed by atoms with Crippen molar-refractivity contribution in [1.29, 1.82) is 0 Å². The number of rotatable bonds is 7. The molecule has 4 atom stereocenters. The number of carbonyl (C=O) groups excluding carboxylic acids is 1. The summed E-state index contributed by atoms with van der Waals surface area (Å²) in [5.74, 6) is 1.12. The highest BCUT2D eigenvalue weighted by atomic mass is 28.4. The zero-order valence-electron chi connectivity index (χ0n) is 17.5. The second-order valence-electron chi connectivity index (χ2n) is 9.51. The van der Waals surface area contributed by atoms with Crippen molar-refractivity contribution in [3.63, 3.8) is 0 Å². The summed E-state index contributed by atoms with van der Waals surface area (Å²) in [5, 5.41) is 0.0551. The lowest BCUT2D eigenvalue weighted by Crippen LogP contribution is -2.49. The van der Waals surface area contributed by atoms with Gasteiger partial charge in [0.25, 0.3) is 14.3 Å². The summed E-state index contributed by atoms with van der Waals surface area (Å²) < 4.78 is 18.5. The van der Waals surface area contributed by atoms with Gasteiger partial charge in [0.05, 0.1) is 5.92 Å². The van der Waals surface area contributed by atoms with Gasteiger partial charge in [-0.05, 0) is 69.6 Å². The lowest BCUT2D eigenvalue weighted by Gasteiger charge is -2.41.